The third-order valence-corrected chi connectivity index (χ3v) is 1.17. The molecule has 0 spiro atoms. The monoisotopic (exact) mass is 150 g/mol. The second-order valence-corrected chi connectivity index (χ2v) is 2.07. The molecule has 0 saturated carbocycles. The highest BCUT2D eigenvalue weighted by atomic mass is 16.5. The first-order valence-electron chi connectivity index (χ1n) is 3.34. The summed E-state index contributed by atoms with van der Waals surface area (Å²) in [6.45, 7) is 2.22. The van der Waals surface area contributed by atoms with E-state index in [1.165, 1.54) is 0 Å². The molecule has 1 aromatic rings. The lowest BCUT2D eigenvalue weighted by Gasteiger charge is -1.93. The Hall–Kier alpha value is -1.43. The van der Waals surface area contributed by atoms with Gasteiger partial charge in [0.15, 0.2) is 5.75 Å². The number of aromatic nitrogens is 2. The largest absolute Gasteiger partial charge is 0.478 e. The smallest absolute Gasteiger partial charge is 0.158 e. The molecule has 1 aromatic heterocycles. The molecule has 0 radical (unpaired) electrons. The predicted octanol–water partition coefficient (Wildman–Crippen LogP) is 0.822. The van der Waals surface area contributed by atoms with Crippen LogP contribution in [0.4, 0.5) is 0 Å². The Balaban J connectivity index is 2.43. The maximum atomic E-state index is 5.21. The molecule has 1 rings (SSSR count). The molecule has 3 heteroatoms. The summed E-state index contributed by atoms with van der Waals surface area (Å²) >= 11 is 0. The Morgan fingerprint density at radius 3 is 3.09 bits per heavy atom. The average molecular weight is 150 g/mol. The Morgan fingerprint density at radius 1 is 1.73 bits per heavy atom. The highest BCUT2D eigenvalue weighted by molar-refractivity contribution is 5.12. The van der Waals surface area contributed by atoms with Crippen molar-refractivity contribution in [2.75, 3.05) is 6.61 Å². The van der Waals surface area contributed by atoms with Crippen molar-refractivity contribution in [2.45, 2.75) is 6.92 Å². The molecule has 0 bridgehead atoms. The maximum Gasteiger partial charge on any atom is 0.158 e. The van der Waals surface area contributed by atoms with Crippen LogP contribution in [0.2, 0.25) is 0 Å². The van der Waals surface area contributed by atoms with Crippen LogP contribution in [0.15, 0.2) is 12.4 Å². The molecule has 0 aliphatic heterocycles. The summed E-state index contributed by atoms with van der Waals surface area (Å²) in [5, 5.41) is 3.94. The summed E-state index contributed by atoms with van der Waals surface area (Å²) in [5.41, 5.74) is 0. The van der Waals surface area contributed by atoms with Crippen LogP contribution in [-0.4, -0.2) is 16.4 Å². The van der Waals surface area contributed by atoms with Gasteiger partial charge in [0, 0.05) is 7.05 Å². The lowest BCUT2D eigenvalue weighted by Crippen LogP contribution is -1.91. The van der Waals surface area contributed by atoms with Crippen LogP contribution in [0.3, 0.4) is 0 Å². The SMILES string of the molecule is CC#CCOc1cnn(C)c1. The van der Waals surface area contributed by atoms with Crippen molar-refractivity contribution >= 4 is 0 Å². The molecule has 0 unspecified atom stereocenters. The van der Waals surface area contributed by atoms with Gasteiger partial charge in [-0.2, -0.15) is 5.10 Å². The van der Waals surface area contributed by atoms with E-state index in [-0.39, 0.29) is 0 Å². The normalized spacial score (nSPS) is 8.55. The predicted molar refractivity (Wildman–Crippen MR) is 42.2 cm³/mol. The molecule has 1 heterocycles. The zero-order valence-electron chi connectivity index (χ0n) is 6.66. The van der Waals surface area contributed by atoms with Gasteiger partial charge in [-0.15, -0.1) is 5.92 Å². The first-order chi connectivity index (χ1) is 5.33. The van der Waals surface area contributed by atoms with Gasteiger partial charge >= 0.3 is 0 Å². The van der Waals surface area contributed by atoms with E-state index in [9.17, 15) is 0 Å². The van der Waals surface area contributed by atoms with Gasteiger partial charge in [-0.1, -0.05) is 5.92 Å². The minimum atomic E-state index is 0.433. The van der Waals surface area contributed by atoms with Crippen molar-refractivity contribution in [2.24, 2.45) is 7.05 Å². The molecule has 0 fully saturated rings. The van der Waals surface area contributed by atoms with E-state index in [0.717, 1.165) is 5.75 Å². The highest BCUT2D eigenvalue weighted by Gasteiger charge is 1.92. The molecule has 0 atom stereocenters. The van der Waals surface area contributed by atoms with E-state index in [4.69, 9.17) is 4.74 Å². The lowest BCUT2D eigenvalue weighted by molar-refractivity contribution is 0.370. The van der Waals surface area contributed by atoms with Gasteiger partial charge in [-0.25, -0.2) is 0 Å². The van der Waals surface area contributed by atoms with Gasteiger partial charge in [0.25, 0.3) is 0 Å². The van der Waals surface area contributed by atoms with Gasteiger partial charge in [-0.05, 0) is 6.92 Å². The maximum absolute atomic E-state index is 5.21. The average Bonchev–Trinajstić information content (AvgIpc) is 2.37. The second-order valence-electron chi connectivity index (χ2n) is 2.07. The third-order valence-electron chi connectivity index (χ3n) is 1.17. The van der Waals surface area contributed by atoms with Crippen LogP contribution in [0, 0.1) is 11.8 Å². The van der Waals surface area contributed by atoms with E-state index in [1.807, 2.05) is 7.05 Å². The van der Waals surface area contributed by atoms with Crippen molar-refractivity contribution in [3.63, 3.8) is 0 Å². The lowest BCUT2D eigenvalue weighted by atomic mass is 10.6. The Labute approximate surface area is 66.0 Å². The summed E-state index contributed by atoms with van der Waals surface area (Å²) in [6, 6.07) is 0. The van der Waals surface area contributed by atoms with Crippen molar-refractivity contribution in [3.05, 3.63) is 12.4 Å². The molecule has 58 valence electrons. The van der Waals surface area contributed by atoms with Gasteiger partial charge in [0.1, 0.15) is 6.61 Å². The molecule has 0 aromatic carbocycles. The summed E-state index contributed by atoms with van der Waals surface area (Å²) < 4.78 is 6.90. The van der Waals surface area contributed by atoms with Crippen molar-refractivity contribution in [1.82, 2.24) is 9.78 Å². The molecule has 3 nitrogen and oxygen atoms in total. The van der Waals surface area contributed by atoms with Gasteiger partial charge < -0.3 is 4.74 Å². The van der Waals surface area contributed by atoms with Crippen LogP contribution < -0.4 is 4.74 Å². The Kier molecular flexibility index (Phi) is 2.56. The summed E-state index contributed by atoms with van der Waals surface area (Å²) in [7, 11) is 1.85. The molecule has 0 saturated heterocycles. The van der Waals surface area contributed by atoms with E-state index in [1.54, 1.807) is 24.0 Å². The quantitative estimate of drug-likeness (QED) is 0.584. The number of nitrogens with zero attached hydrogens (tertiary/aromatic N) is 2. The van der Waals surface area contributed by atoms with Crippen LogP contribution in [0.5, 0.6) is 5.75 Å². The number of aryl methyl sites for hydroxylation is 1. The van der Waals surface area contributed by atoms with E-state index >= 15 is 0 Å². The van der Waals surface area contributed by atoms with Crippen LogP contribution in [0.1, 0.15) is 6.92 Å². The van der Waals surface area contributed by atoms with Crippen molar-refractivity contribution in [3.8, 4) is 17.6 Å². The van der Waals surface area contributed by atoms with E-state index in [0.29, 0.717) is 6.61 Å². The van der Waals surface area contributed by atoms with Gasteiger partial charge in [0.2, 0.25) is 0 Å². The highest BCUT2D eigenvalue weighted by Crippen LogP contribution is 2.05. The Morgan fingerprint density at radius 2 is 2.55 bits per heavy atom. The second kappa shape index (κ2) is 3.67. The molecular formula is C8H10N2O. The minimum Gasteiger partial charge on any atom is -0.478 e. The van der Waals surface area contributed by atoms with Crippen LogP contribution in [0.25, 0.3) is 0 Å². The first kappa shape index (κ1) is 7.67. The number of ether oxygens (including phenoxy) is 1. The fourth-order valence-electron chi connectivity index (χ4n) is 0.665. The zero-order chi connectivity index (χ0) is 8.10. The number of hydrogen-bond acceptors (Lipinski definition) is 2. The fraction of sp³-hybridized carbons (Fsp3) is 0.375. The molecule has 0 aliphatic carbocycles. The molecule has 0 amide bonds. The number of rotatable bonds is 2. The van der Waals surface area contributed by atoms with Gasteiger partial charge in [0.05, 0.1) is 12.4 Å². The van der Waals surface area contributed by atoms with Crippen LogP contribution in [-0.2, 0) is 7.05 Å². The third kappa shape index (κ3) is 2.34. The van der Waals surface area contributed by atoms with Crippen molar-refractivity contribution in [1.29, 1.82) is 0 Å². The molecule has 0 aliphatic rings. The summed E-state index contributed by atoms with van der Waals surface area (Å²) in [6.07, 6.45) is 3.47. The molecular weight excluding hydrogens is 140 g/mol. The van der Waals surface area contributed by atoms with Crippen molar-refractivity contribution < 1.29 is 4.74 Å². The van der Waals surface area contributed by atoms with Gasteiger partial charge in [-0.3, -0.25) is 4.68 Å². The Bertz CT molecular complexity index is 280. The van der Waals surface area contributed by atoms with E-state index in [2.05, 4.69) is 16.9 Å². The molecule has 0 N–H and O–H groups in total. The summed E-state index contributed by atoms with van der Waals surface area (Å²) in [5.74, 6) is 6.30. The topological polar surface area (TPSA) is 27.1 Å². The zero-order valence-corrected chi connectivity index (χ0v) is 6.66. The first-order valence-corrected chi connectivity index (χ1v) is 3.34. The fourth-order valence-corrected chi connectivity index (χ4v) is 0.665. The van der Waals surface area contributed by atoms with E-state index < -0.39 is 0 Å². The number of hydrogen-bond donors (Lipinski definition) is 0. The molecule has 11 heavy (non-hydrogen) atoms. The minimum absolute atomic E-state index is 0.433. The summed E-state index contributed by atoms with van der Waals surface area (Å²) in [4.78, 5) is 0. The standard InChI is InChI=1S/C8H10N2O/c1-3-4-5-11-8-6-9-10(2)7-8/h6-7H,5H2,1-2H3. The van der Waals surface area contributed by atoms with Crippen LogP contribution >= 0.6 is 0 Å².